The standard InChI is InChI=1S/C11H13BrO3S/c1-8-2-6-10(7-3-8)16(13,14)15-11(12)9-4-5-9/h2-3,6-7,9,11H,4-5H2,1H3. The van der Waals surface area contributed by atoms with Gasteiger partial charge in [0.15, 0.2) is 0 Å². The first-order valence-corrected chi connectivity index (χ1v) is 7.45. The zero-order valence-corrected chi connectivity index (χ0v) is 11.3. The molecule has 1 unspecified atom stereocenters. The molecule has 1 aromatic rings. The van der Waals surface area contributed by atoms with Crippen LogP contribution in [0.25, 0.3) is 0 Å². The molecule has 1 saturated carbocycles. The lowest BCUT2D eigenvalue weighted by molar-refractivity contribution is 0.276. The van der Waals surface area contributed by atoms with Crippen molar-refractivity contribution >= 4 is 26.0 Å². The average molecular weight is 305 g/mol. The predicted octanol–water partition coefficient (Wildman–Crippen LogP) is 2.83. The molecular weight excluding hydrogens is 292 g/mol. The van der Waals surface area contributed by atoms with Gasteiger partial charge >= 0.3 is 0 Å². The number of aryl methyl sites for hydroxylation is 1. The summed E-state index contributed by atoms with van der Waals surface area (Å²) >= 11 is 3.25. The Morgan fingerprint density at radius 3 is 2.38 bits per heavy atom. The van der Waals surface area contributed by atoms with Crippen LogP contribution in [0, 0.1) is 12.8 Å². The van der Waals surface area contributed by atoms with Crippen molar-refractivity contribution in [3.05, 3.63) is 29.8 Å². The van der Waals surface area contributed by atoms with Gasteiger partial charge in [-0.05, 0) is 37.8 Å². The van der Waals surface area contributed by atoms with Crippen LogP contribution in [-0.4, -0.2) is 13.4 Å². The van der Waals surface area contributed by atoms with Crippen LogP contribution in [0.15, 0.2) is 29.2 Å². The first kappa shape index (κ1) is 12.1. The van der Waals surface area contributed by atoms with Crippen LogP contribution in [-0.2, 0) is 14.3 Å². The zero-order chi connectivity index (χ0) is 11.8. The summed E-state index contributed by atoms with van der Waals surface area (Å²) in [4.78, 5) is 0.211. The van der Waals surface area contributed by atoms with E-state index in [1.807, 2.05) is 6.92 Å². The van der Waals surface area contributed by atoms with Crippen molar-refractivity contribution in [1.29, 1.82) is 0 Å². The molecule has 0 N–H and O–H groups in total. The minimum absolute atomic E-state index is 0.211. The Morgan fingerprint density at radius 1 is 1.31 bits per heavy atom. The molecule has 0 heterocycles. The second-order valence-corrected chi connectivity index (χ2v) is 6.53. The van der Waals surface area contributed by atoms with E-state index in [1.54, 1.807) is 24.3 Å². The maximum absolute atomic E-state index is 11.8. The Kier molecular flexibility index (Phi) is 3.37. The molecule has 2 rings (SSSR count). The minimum atomic E-state index is -3.63. The van der Waals surface area contributed by atoms with Gasteiger partial charge in [-0.15, -0.1) is 0 Å². The maximum Gasteiger partial charge on any atom is 0.298 e. The molecule has 1 aliphatic rings. The van der Waals surface area contributed by atoms with Gasteiger partial charge < -0.3 is 0 Å². The number of benzene rings is 1. The van der Waals surface area contributed by atoms with Crippen LogP contribution in [0.2, 0.25) is 0 Å². The molecule has 1 aliphatic carbocycles. The Morgan fingerprint density at radius 2 is 1.88 bits per heavy atom. The van der Waals surface area contributed by atoms with Crippen LogP contribution >= 0.6 is 15.9 Å². The molecule has 88 valence electrons. The minimum Gasteiger partial charge on any atom is -0.251 e. The highest BCUT2D eigenvalue weighted by atomic mass is 79.9. The predicted molar refractivity (Wildman–Crippen MR) is 64.9 cm³/mol. The molecule has 1 fully saturated rings. The highest BCUT2D eigenvalue weighted by molar-refractivity contribution is 9.09. The van der Waals surface area contributed by atoms with E-state index in [4.69, 9.17) is 4.18 Å². The van der Waals surface area contributed by atoms with Crippen molar-refractivity contribution in [2.45, 2.75) is 29.7 Å². The maximum atomic E-state index is 11.8. The van der Waals surface area contributed by atoms with Crippen molar-refractivity contribution in [3.8, 4) is 0 Å². The molecule has 16 heavy (non-hydrogen) atoms. The third-order valence-corrected chi connectivity index (χ3v) is 5.01. The van der Waals surface area contributed by atoms with Crippen LogP contribution in [0.5, 0.6) is 0 Å². The lowest BCUT2D eigenvalue weighted by Crippen LogP contribution is -2.14. The van der Waals surface area contributed by atoms with Crippen molar-refractivity contribution in [1.82, 2.24) is 0 Å². The monoisotopic (exact) mass is 304 g/mol. The smallest absolute Gasteiger partial charge is 0.251 e. The van der Waals surface area contributed by atoms with Crippen LogP contribution in [0.1, 0.15) is 18.4 Å². The largest absolute Gasteiger partial charge is 0.298 e. The molecule has 0 aromatic heterocycles. The molecule has 0 saturated heterocycles. The third kappa shape index (κ3) is 2.84. The molecule has 0 radical (unpaired) electrons. The molecule has 0 amide bonds. The van der Waals surface area contributed by atoms with E-state index in [-0.39, 0.29) is 9.91 Å². The van der Waals surface area contributed by atoms with Gasteiger partial charge in [-0.3, -0.25) is 4.18 Å². The Bertz CT molecular complexity index is 463. The second kappa shape index (κ2) is 4.47. The summed E-state index contributed by atoms with van der Waals surface area (Å²) in [6.45, 7) is 1.91. The summed E-state index contributed by atoms with van der Waals surface area (Å²) in [5.41, 5.74) is 1.02. The zero-order valence-electron chi connectivity index (χ0n) is 8.89. The molecule has 5 heteroatoms. The molecule has 3 nitrogen and oxygen atoms in total. The number of alkyl halides is 1. The SMILES string of the molecule is Cc1ccc(S(=O)(=O)OC(Br)C2CC2)cc1. The molecule has 1 aromatic carbocycles. The van der Waals surface area contributed by atoms with Gasteiger partial charge in [0.1, 0.15) is 5.01 Å². The lowest BCUT2D eigenvalue weighted by atomic mass is 10.2. The summed E-state index contributed by atoms with van der Waals surface area (Å²) in [5.74, 6) is 0.334. The summed E-state index contributed by atoms with van der Waals surface area (Å²) in [7, 11) is -3.63. The first-order valence-electron chi connectivity index (χ1n) is 5.13. The Labute approximate surface area is 104 Å². The van der Waals surface area contributed by atoms with Crippen LogP contribution < -0.4 is 0 Å². The van der Waals surface area contributed by atoms with Gasteiger partial charge in [-0.25, -0.2) is 0 Å². The molecule has 0 spiro atoms. The van der Waals surface area contributed by atoms with E-state index >= 15 is 0 Å². The summed E-state index contributed by atoms with van der Waals surface area (Å²) < 4.78 is 28.7. The number of hydrogen-bond donors (Lipinski definition) is 0. The molecule has 1 atom stereocenters. The number of hydrogen-bond acceptors (Lipinski definition) is 3. The summed E-state index contributed by atoms with van der Waals surface area (Å²) in [6.07, 6.45) is 2.05. The van der Waals surface area contributed by atoms with Gasteiger partial charge in [0.25, 0.3) is 10.1 Å². The van der Waals surface area contributed by atoms with Gasteiger partial charge in [-0.2, -0.15) is 8.42 Å². The normalized spacial score (nSPS) is 18.4. The lowest BCUT2D eigenvalue weighted by Gasteiger charge is -2.10. The number of halogens is 1. The topological polar surface area (TPSA) is 43.4 Å². The van der Waals surface area contributed by atoms with E-state index in [1.165, 1.54) is 0 Å². The van der Waals surface area contributed by atoms with Gasteiger partial charge in [0.2, 0.25) is 0 Å². The van der Waals surface area contributed by atoms with Crippen molar-refractivity contribution in [2.24, 2.45) is 5.92 Å². The van der Waals surface area contributed by atoms with E-state index in [2.05, 4.69) is 15.9 Å². The quantitative estimate of drug-likeness (QED) is 0.634. The molecule has 0 aliphatic heterocycles. The van der Waals surface area contributed by atoms with E-state index in [0.29, 0.717) is 5.92 Å². The van der Waals surface area contributed by atoms with Gasteiger partial charge in [0, 0.05) is 0 Å². The molecular formula is C11H13BrO3S. The van der Waals surface area contributed by atoms with Crippen LogP contribution in [0.3, 0.4) is 0 Å². The van der Waals surface area contributed by atoms with Crippen molar-refractivity contribution in [2.75, 3.05) is 0 Å². The highest BCUT2D eigenvalue weighted by Crippen LogP contribution is 2.38. The van der Waals surface area contributed by atoms with E-state index in [0.717, 1.165) is 18.4 Å². The fourth-order valence-corrected chi connectivity index (χ4v) is 3.43. The van der Waals surface area contributed by atoms with E-state index < -0.39 is 10.1 Å². The van der Waals surface area contributed by atoms with Crippen molar-refractivity contribution in [3.63, 3.8) is 0 Å². The molecule has 0 bridgehead atoms. The third-order valence-electron chi connectivity index (χ3n) is 2.52. The van der Waals surface area contributed by atoms with Crippen LogP contribution in [0.4, 0.5) is 0 Å². The first-order chi connectivity index (χ1) is 7.49. The Hall–Kier alpha value is -0.390. The second-order valence-electron chi connectivity index (χ2n) is 4.05. The fraction of sp³-hybridized carbons (Fsp3) is 0.455. The average Bonchev–Trinajstić information content (AvgIpc) is 3.00. The Balaban J connectivity index is 2.14. The fourth-order valence-electron chi connectivity index (χ4n) is 1.32. The van der Waals surface area contributed by atoms with Gasteiger partial charge in [-0.1, -0.05) is 33.6 Å². The summed E-state index contributed by atoms with van der Waals surface area (Å²) in [5, 5.41) is -0.390. The van der Waals surface area contributed by atoms with Crippen molar-refractivity contribution < 1.29 is 12.6 Å². The number of rotatable bonds is 4. The van der Waals surface area contributed by atoms with Gasteiger partial charge in [0.05, 0.1) is 4.90 Å². The van der Waals surface area contributed by atoms with E-state index in [9.17, 15) is 8.42 Å². The highest BCUT2D eigenvalue weighted by Gasteiger charge is 2.33. The summed E-state index contributed by atoms with van der Waals surface area (Å²) in [6, 6.07) is 6.65.